The fraction of sp³-hybridized carbons (Fsp3) is 0.0800. The average Bonchev–Trinajstić information content (AvgIpc) is 2.77. The minimum Gasteiger partial charge on any atom is -0.488 e. The molecule has 0 aliphatic carbocycles. The van der Waals surface area contributed by atoms with Crippen LogP contribution in [-0.2, 0) is 16.2 Å². The summed E-state index contributed by atoms with van der Waals surface area (Å²) in [7, 11) is 0. The van der Waals surface area contributed by atoms with Crippen molar-refractivity contribution < 1.29 is 23.5 Å². The zero-order valence-electron chi connectivity index (χ0n) is 17.5. The summed E-state index contributed by atoms with van der Waals surface area (Å²) < 4.78 is 20.0. The topological polar surface area (TPSA) is 75.7 Å². The van der Waals surface area contributed by atoms with Crippen LogP contribution in [0.1, 0.15) is 16.7 Å². The Morgan fingerprint density at radius 3 is 2.55 bits per heavy atom. The van der Waals surface area contributed by atoms with Gasteiger partial charge in [0.05, 0.1) is 10.2 Å². The van der Waals surface area contributed by atoms with Crippen LogP contribution in [0, 0.1) is 12.7 Å². The van der Waals surface area contributed by atoms with Crippen molar-refractivity contribution in [2.24, 2.45) is 0 Å². The molecule has 1 fully saturated rings. The second-order valence-corrected chi connectivity index (χ2v) is 8.22. The molecule has 0 saturated carbocycles. The molecular formula is C25H18BrFN2O4. The number of aryl methyl sites for hydroxylation is 1. The fourth-order valence-corrected chi connectivity index (χ4v) is 3.83. The summed E-state index contributed by atoms with van der Waals surface area (Å²) in [5.41, 5.74) is 2.01. The van der Waals surface area contributed by atoms with Crippen LogP contribution in [0.3, 0.4) is 0 Å². The molecule has 4 amide bonds. The number of hydrogen-bond acceptors (Lipinski definition) is 4. The number of rotatable bonds is 5. The Morgan fingerprint density at radius 2 is 1.82 bits per heavy atom. The maximum atomic E-state index is 13.8. The lowest BCUT2D eigenvalue weighted by Gasteiger charge is -2.26. The Labute approximate surface area is 197 Å². The second-order valence-electron chi connectivity index (χ2n) is 7.37. The van der Waals surface area contributed by atoms with E-state index in [1.165, 1.54) is 12.1 Å². The minimum absolute atomic E-state index is 0.0418. The van der Waals surface area contributed by atoms with Crippen molar-refractivity contribution in [1.82, 2.24) is 5.32 Å². The fourth-order valence-electron chi connectivity index (χ4n) is 3.32. The van der Waals surface area contributed by atoms with E-state index in [4.69, 9.17) is 4.74 Å². The number of amides is 4. The summed E-state index contributed by atoms with van der Waals surface area (Å²) in [6.45, 7) is 1.88. The monoisotopic (exact) mass is 508 g/mol. The summed E-state index contributed by atoms with van der Waals surface area (Å²) in [4.78, 5) is 38.7. The van der Waals surface area contributed by atoms with Gasteiger partial charge in [-0.2, -0.15) is 0 Å². The highest BCUT2D eigenvalue weighted by Crippen LogP contribution is 2.29. The first kappa shape index (κ1) is 22.4. The number of nitrogens with zero attached hydrogens (tertiary/aromatic N) is 1. The third-order valence-electron chi connectivity index (χ3n) is 4.97. The van der Waals surface area contributed by atoms with E-state index < -0.39 is 17.8 Å². The number of nitrogens with one attached hydrogen (secondary N) is 1. The van der Waals surface area contributed by atoms with E-state index in [1.54, 1.807) is 54.6 Å². The molecule has 1 aliphatic heterocycles. The van der Waals surface area contributed by atoms with Gasteiger partial charge in [0.25, 0.3) is 11.8 Å². The summed E-state index contributed by atoms with van der Waals surface area (Å²) in [5, 5.41) is 2.20. The molecule has 8 heteroatoms. The highest BCUT2D eigenvalue weighted by atomic mass is 79.9. The van der Waals surface area contributed by atoms with Crippen molar-refractivity contribution in [2.45, 2.75) is 13.5 Å². The lowest BCUT2D eigenvalue weighted by Crippen LogP contribution is -2.54. The second kappa shape index (κ2) is 9.38. The number of carbonyl (C=O) groups excluding carboxylic acids is 3. The van der Waals surface area contributed by atoms with Crippen molar-refractivity contribution in [2.75, 3.05) is 4.90 Å². The standard InChI is InChI=1S/C25H18BrFN2O4/c1-15-5-4-7-18(11-15)29-24(31)19(23(30)28-25(29)32)12-16-9-10-22(20(26)13-16)33-14-17-6-2-3-8-21(17)27/h2-13H,14H2,1H3,(H,28,30,32)/b19-12+. The Balaban J connectivity index is 1.57. The van der Waals surface area contributed by atoms with Gasteiger partial charge in [-0.3, -0.25) is 14.9 Å². The molecule has 1 N–H and O–H groups in total. The number of imide groups is 2. The molecule has 33 heavy (non-hydrogen) atoms. The van der Waals surface area contributed by atoms with Gasteiger partial charge in [0.1, 0.15) is 23.7 Å². The van der Waals surface area contributed by atoms with E-state index in [2.05, 4.69) is 21.2 Å². The summed E-state index contributed by atoms with van der Waals surface area (Å²) >= 11 is 3.40. The Hall–Kier alpha value is -3.78. The number of carbonyl (C=O) groups is 3. The van der Waals surface area contributed by atoms with E-state index in [9.17, 15) is 18.8 Å². The van der Waals surface area contributed by atoms with Crippen LogP contribution >= 0.6 is 15.9 Å². The van der Waals surface area contributed by atoms with Crippen LogP contribution in [0.5, 0.6) is 5.75 Å². The SMILES string of the molecule is Cc1cccc(N2C(=O)NC(=O)/C(=C\c3ccc(OCc4ccccc4F)c(Br)c3)C2=O)c1. The first-order chi connectivity index (χ1) is 15.8. The lowest BCUT2D eigenvalue weighted by atomic mass is 10.1. The molecule has 6 nitrogen and oxygen atoms in total. The normalized spacial score (nSPS) is 15.1. The van der Waals surface area contributed by atoms with E-state index in [-0.39, 0.29) is 18.0 Å². The van der Waals surface area contributed by atoms with Crippen LogP contribution in [0.15, 0.2) is 76.8 Å². The predicted octanol–water partition coefficient (Wildman–Crippen LogP) is 5.14. The molecule has 0 spiro atoms. The van der Waals surface area contributed by atoms with E-state index in [0.29, 0.717) is 27.0 Å². The van der Waals surface area contributed by atoms with Crippen molar-refractivity contribution in [1.29, 1.82) is 0 Å². The maximum absolute atomic E-state index is 13.8. The van der Waals surface area contributed by atoms with Crippen LogP contribution < -0.4 is 15.0 Å². The van der Waals surface area contributed by atoms with Crippen molar-refractivity contribution in [3.05, 3.63) is 99.3 Å². The van der Waals surface area contributed by atoms with E-state index >= 15 is 0 Å². The van der Waals surface area contributed by atoms with Crippen molar-refractivity contribution >= 4 is 45.5 Å². The molecule has 1 saturated heterocycles. The number of benzene rings is 3. The lowest BCUT2D eigenvalue weighted by molar-refractivity contribution is -0.122. The number of hydrogen-bond donors (Lipinski definition) is 1. The first-order valence-corrected chi connectivity index (χ1v) is 10.8. The Bertz CT molecular complexity index is 1310. The van der Waals surface area contributed by atoms with Crippen molar-refractivity contribution in [3.8, 4) is 5.75 Å². The number of anilines is 1. The molecule has 4 rings (SSSR count). The number of barbiturate groups is 1. The van der Waals surface area contributed by atoms with Crippen LogP contribution in [0.2, 0.25) is 0 Å². The van der Waals surface area contributed by atoms with E-state index in [1.807, 2.05) is 13.0 Å². The quantitative estimate of drug-likeness (QED) is 0.382. The molecule has 3 aromatic carbocycles. The molecular weight excluding hydrogens is 491 g/mol. The maximum Gasteiger partial charge on any atom is 0.335 e. The van der Waals surface area contributed by atoms with Gasteiger partial charge in [0.2, 0.25) is 0 Å². The number of urea groups is 1. The number of ether oxygens (including phenoxy) is 1. The van der Waals surface area contributed by atoms with Crippen molar-refractivity contribution in [3.63, 3.8) is 0 Å². The third-order valence-corrected chi connectivity index (χ3v) is 5.59. The third kappa shape index (κ3) is 4.85. The van der Waals surface area contributed by atoms with Gasteiger partial charge < -0.3 is 4.74 Å². The van der Waals surface area contributed by atoms with Gasteiger partial charge >= 0.3 is 6.03 Å². The largest absolute Gasteiger partial charge is 0.488 e. The first-order valence-electron chi connectivity index (χ1n) is 9.97. The van der Waals surface area contributed by atoms with Crippen LogP contribution in [-0.4, -0.2) is 17.8 Å². The molecule has 3 aromatic rings. The van der Waals surface area contributed by atoms with Gasteiger partial charge in [0.15, 0.2) is 0 Å². The predicted molar refractivity (Wildman–Crippen MR) is 125 cm³/mol. The summed E-state index contributed by atoms with van der Waals surface area (Å²) in [5.74, 6) is -1.38. The molecule has 0 unspecified atom stereocenters. The zero-order valence-corrected chi connectivity index (χ0v) is 19.1. The van der Waals surface area contributed by atoms with Crippen LogP contribution in [0.4, 0.5) is 14.9 Å². The molecule has 0 bridgehead atoms. The van der Waals surface area contributed by atoms with Gasteiger partial charge in [-0.25, -0.2) is 14.1 Å². The van der Waals surface area contributed by atoms with Gasteiger partial charge in [0, 0.05) is 5.56 Å². The highest BCUT2D eigenvalue weighted by Gasteiger charge is 2.36. The average molecular weight is 509 g/mol. The molecule has 166 valence electrons. The van der Waals surface area contributed by atoms with Crippen LogP contribution in [0.25, 0.3) is 6.08 Å². The number of halogens is 2. The van der Waals surface area contributed by atoms with E-state index in [0.717, 1.165) is 10.5 Å². The summed E-state index contributed by atoms with van der Waals surface area (Å²) in [6.07, 6.45) is 1.40. The van der Waals surface area contributed by atoms with Gasteiger partial charge in [-0.15, -0.1) is 0 Å². The van der Waals surface area contributed by atoms with Gasteiger partial charge in [-0.1, -0.05) is 36.4 Å². The molecule has 0 atom stereocenters. The molecule has 1 heterocycles. The zero-order chi connectivity index (χ0) is 23.5. The molecule has 1 aliphatic rings. The van der Waals surface area contributed by atoms with Gasteiger partial charge in [-0.05, 0) is 70.4 Å². The summed E-state index contributed by atoms with van der Waals surface area (Å²) in [6, 6.07) is 17.4. The highest BCUT2D eigenvalue weighted by molar-refractivity contribution is 9.10. The smallest absolute Gasteiger partial charge is 0.335 e. The molecule has 0 aromatic heterocycles. The Morgan fingerprint density at radius 1 is 1.03 bits per heavy atom. The molecule has 0 radical (unpaired) electrons. The minimum atomic E-state index is -0.800. The Kier molecular flexibility index (Phi) is 6.37.